The lowest BCUT2D eigenvalue weighted by atomic mass is 10.7. The van der Waals surface area contributed by atoms with Crippen LogP contribution in [0.25, 0.3) is 0 Å². The third-order valence-electron chi connectivity index (χ3n) is 3.87. The first-order chi connectivity index (χ1) is 8.41. The van der Waals surface area contributed by atoms with E-state index in [1.807, 2.05) is 18.5 Å². The fourth-order valence-electron chi connectivity index (χ4n) is 2.85. The van der Waals surface area contributed by atoms with E-state index >= 15 is 0 Å². The summed E-state index contributed by atoms with van der Waals surface area (Å²) in [6.45, 7) is 14.3. The minimum Gasteiger partial charge on any atom is -0.394 e. The maximum Gasteiger partial charge on any atom is 0.208 e. The molecule has 0 fully saturated rings. The van der Waals surface area contributed by atoms with Crippen LogP contribution in [0.3, 0.4) is 0 Å². The van der Waals surface area contributed by atoms with Crippen molar-refractivity contribution in [1.82, 2.24) is 9.97 Å². The fraction of sp³-hybridized carbons (Fsp3) is 0.692. The van der Waals surface area contributed by atoms with E-state index in [0.717, 1.165) is 5.95 Å². The maximum atomic E-state index is 4.54. The van der Waals surface area contributed by atoms with Gasteiger partial charge in [-0.3, -0.25) is 0 Å². The molecule has 3 nitrogen and oxygen atoms in total. The molecule has 0 aliphatic rings. The van der Waals surface area contributed by atoms with Crippen molar-refractivity contribution >= 4 is 22.4 Å². The molecule has 5 heteroatoms. The predicted molar refractivity (Wildman–Crippen MR) is 85.1 cm³/mol. The van der Waals surface area contributed by atoms with Crippen LogP contribution in [0, 0.1) is 0 Å². The highest BCUT2D eigenvalue weighted by molar-refractivity contribution is 7.00. The Hall–Kier alpha value is -0.686. The Bertz CT molecular complexity index is 350. The van der Waals surface area contributed by atoms with Crippen molar-refractivity contribution < 1.29 is 0 Å². The highest BCUT2D eigenvalue weighted by Gasteiger charge is 2.42. The summed E-state index contributed by atoms with van der Waals surface area (Å²) in [4.78, 5) is 9.08. The molecule has 0 unspecified atom stereocenters. The summed E-state index contributed by atoms with van der Waals surface area (Å²) in [5.74, 6) is 0.967. The maximum absolute atomic E-state index is 4.54. The molecule has 0 spiro atoms. The summed E-state index contributed by atoms with van der Waals surface area (Å²) in [6.07, 6.45) is 3.74. The van der Waals surface area contributed by atoms with Crippen LogP contribution in [-0.2, 0) is 0 Å². The second kappa shape index (κ2) is 5.97. The molecule has 1 aromatic rings. The van der Waals surface area contributed by atoms with Crippen LogP contribution in [0.4, 0.5) is 5.95 Å². The zero-order chi connectivity index (χ0) is 13.8. The first kappa shape index (κ1) is 15.4. The Kier molecular flexibility index (Phi) is 5.10. The molecule has 0 N–H and O–H groups in total. The van der Waals surface area contributed by atoms with E-state index in [1.54, 1.807) is 0 Å². The fourth-order valence-corrected chi connectivity index (χ4v) is 13.7. The van der Waals surface area contributed by atoms with Gasteiger partial charge in [-0.05, 0) is 24.2 Å². The Balaban J connectivity index is 3.30. The minimum absolute atomic E-state index is 0.967. The summed E-state index contributed by atoms with van der Waals surface area (Å²) < 4.78 is 2.68. The molecule has 0 radical (unpaired) electrons. The first-order valence-corrected chi connectivity index (χ1v) is 13.0. The largest absolute Gasteiger partial charge is 0.394 e. The predicted octanol–water partition coefficient (Wildman–Crippen LogP) is 4.12. The van der Waals surface area contributed by atoms with Crippen molar-refractivity contribution in [3.63, 3.8) is 0 Å². The van der Waals surface area contributed by atoms with Crippen molar-refractivity contribution in [3.8, 4) is 0 Å². The summed E-state index contributed by atoms with van der Waals surface area (Å²) in [5.41, 5.74) is 0. The molecule has 0 aliphatic carbocycles. The highest BCUT2D eigenvalue weighted by Crippen LogP contribution is 2.32. The zero-order valence-corrected chi connectivity index (χ0v) is 14.7. The number of rotatable bonds is 6. The van der Waals surface area contributed by atoms with Crippen LogP contribution in [-0.4, -0.2) is 26.4 Å². The smallest absolute Gasteiger partial charge is 0.208 e. The van der Waals surface area contributed by atoms with E-state index in [9.17, 15) is 0 Å². The van der Waals surface area contributed by atoms with Gasteiger partial charge < -0.3 is 4.23 Å². The van der Waals surface area contributed by atoms with Crippen LogP contribution in [0.5, 0.6) is 0 Å². The molecule has 1 aromatic heterocycles. The molecule has 0 amide bonds. The van der Waals surface area contributed by atoms with Gasteiger partial charge >= 0.3 is 0 Å². The van der Waals surface area contributed by atoms with E-state index in [2.05, 4.69) is 54.6 Å². The summed E-state index contributed by atoms with van der Waals surface area (Å²) >= 11 is 0. The van der Waals surface area contributed by atoms with Crippen molar-refractivity contribution in [3.05, 3.63) is 18.5 Å². The third kappa shape index (κ3) is 3.00. The Labute approximate surface area is 114 Å². The molecular formula is C13H27N3Si2. The van der Waals surface area contributed by atoms with Crippen molar-refractivity contribution in [2.75, 3.05) is 4.23 Å². The molecule has 0 atom stereocenters. The number of hydrogen-bond acceptors (Lipinski definition) is 3. The Morgan fingerprint density at radius 2 is 1.39 bits per heavy atom. The molecule has 102 valence electrons. The SMILES string of the molecule is CC[Si](CC)(CC)N(c1ncccn1)[Si](C)(C)C. The Morgan fingerprint density at radius 1 is 0.944 bits per heavy atom. The van der Waals surface area contributed by atoms with Crippen LogP contribution in [0.2, 0.25) is 37.8 Å². The molecule has 0 bridgehead atoms. The van der Waals surface area contributed by atoms with E-state index in [4.69, 9.17) is 0 Å². The van der Waals surface area contributed by atoms with Gasteiger partial charge in [0.15, 0.2) is 0 Å². The molecule has 0 aromatic carbocycles. The molecule has 0 saturated heterocycles. The van der Waals surface area contributed by atoms with Crippen LogP contribution < -0.4 is 4.23 Å². The van der Waals surface area contributed by atoms with Crippen molar-refractivity contribution in [2.45, 2.75) is 58.5 Å². The van der Waals surface area contributed by atoms with Crippen LogP contribution in [0.1, 0.15) is 20.8 Å². The Morgan fingerprint density at radius 3 is 1.72 bits per heavy atom. The van der Waals surface area contributed by atoms with E-state index in [0.29, 0.717) is 0 Å². The number of hydrogen-bond donors (Lipinski definition) is 0. The molecule has 18 heavy (non-hydrogen) atoms. The average molecular weight is 282 g/mol. The molecule has 1 rings (SSSR count). The van der Waals surface area contributed by atoms with E-state index < -0.39 is 16.5 Å². The summed E-state index contributed by atoms with van der Waals surface area (Å²) in [7, 11) is -2.91. The minimum atomic E-state index is -1.46. The summed E-state index contributed by atoms with van der Waals surface area (Å²) in [6, 6.07) is 5.74. The highest BCUT2D eigenvalue weighted by atomic mass is 28.4. The van der Waals surface area contributed by atoms with Gasteiger partial charge in [0, 0.05) is 12.4 Å². The first-order valence-electron chi connectivity index (χ1n) is 6.98. The molecular weight excluding hydrogens is 254 g/mol. The quantitative estimate of drug-likeness (QED) is 0.734. The normalized spacial score (nSPS) is 12.6. The van der Waals surface area contributed by atoms with Gasteiger partial charge in [-0.15, -0.1) is 0 Å². The van der Waals surface area contributed by atoms with E-state index in [1.165, 1.54) is 18.1 Å². The van der Waals surface area contributed by atoms with Gasteiger partial charge in [0.05, 0.1) is 0 Å². The van der Waals surface area contributed by atoms with Gasteiger partial charge in [-0.2, -0.15) is 0 Å². The lowest BCUT2D eigenvalue weighted by Crippen LogP contribution is -2.64. The molecule has 0 aliphatic heterocycles. The van der Waals surface area contributed by atoms with Gasteiger partial charge in [-0.25, -0.2) is 9.97 Å². The monoisotopic (exact) mass is 281 g/mol. The zero-order valence-electron chi connectivity index (χ0n) is 12.7. The van der Waals surface area contributed by atoms with Crippen molar-refractivity contribution in [1.29, 1.82) is 0 Å². The van der Waals surface area contributed by atoms with Gasteiger partial charge in [-0.1, -0.05) is 40.4 Å². The number of aromatic nitrogens is 2. The van der Waals surface area contributed by atoms with Gasteiger partial charge in [0.2, 0.25) is 5.95 Å². The third-order valence-corrected chi connectivity index (χ3v) is 13.9. The lowest BCUT2D eigenvalue weighted by Gasteiger charge is -2.48. The average Bonchev–Trinajstić information content (AvgIpc) is 2.35. The standard InChI is InChI=1S/C13H27N3Si2/c1-7-18(8-2,9-3)16(17(4,5)6)13-14-11-10-12-15-13/h10-12H,7-9H2,1-6H3. The van der Waals surface area contributed by atoms with Crippen molar-refractivity contribution in [2.24, 2.45) is 0 Å². The van der Waals surface area contributed by atoms with Gasteiger partial charge in [0.25, 0.3) is 0 Å². The number of nitrogens with zero attached hydrogens (tertiary/aromatic N) is 3. The molecule has 0 saturated carbocycles. The number of anilines is 1. The van der Waals surface area contributed by atoms with Crippen LogP contribution >= 0.6 is 0 Å². The topological polar surface area (TPSA) is 29.0 Å². The van der Waals surface area contributed by atoms with E-state index in [-0.39, 0.29) is 0 Å². The molecule has 1 heterocycles. The second-order valence-corrected chi connectivity index (χ2v) is 16.1. The lowest BCUT2D eigenvalue weighted by molar-refractivity contribution is 1.05. The second-order valence-electron chi connectivity index (χ2n) is 5.84. The summed E-state index contributed by atoms with van der Waals surface area (Å²) in [5, 5.41) is 0. The van der Waals surface area contributed by atoms with Crippen LogP contribution in [0.15, 0.2) is 18.5 Å². The van der Waals surface area contributed by atoms with Gasteiger partial charge in [0.1, 0.15) is 16.5 Å².